The molecule has 0 saturated carbocycles. The van der Waals surface area contributed by atoms with Gasteiger partial charge in [0.2, 0.25) is 5.91 Å². The molecule has 168 valence electrons. The Morgan fingerprint density at radius 3 is 2.09 bits per heavy atom. The smallest absolute Gasteiger partial charge is 0.343 e. The number of hydrogen-bond donors (Lipinski definition) is 1. The summed E-state index contributed by atoms with van der Waals surface area (Å²) >= 11 is 0. The SMILES string of the molecule is COc1ccc(CC(=O)N2CCC(c3n[nH]c(=O)n3Cc3ccc(OC)cc3)CC2)cc1. The third kappa shape index (κ3) is 4.85. The minimum absolute atomic E-state index is 0.117. The Kier molecular flexibility index (Phi) is 6.58. The molecule has 0 aliphatic carbocycles. The average Bonchev–Trinajstić information content (AvgIpc) is 3.20. The standard InChI is InChI=1S/C24H28N4O4/c1-31-20-7-3-17(4-8-20)15-22(29)27-13-11-19(12-14-27)23-25-26-24(30)28(23)16-18-5-9-21(32-2)10-6-18/h3-10,19H,11-16H2,1-2H3,(H,26,30). The molecule has 4 rings (SSSR count). The largest absolute Gasteiger partial charge is 0.497 e. The minimum Gasteiger partial charge on any atom is -0.497 e. The van der Waals surface area contributed by atoms with Gasteiger partial charge >= 0.3 is 5.69 Å². The van der Waals surface area contributed by atoms with E-state index in [1.807, 2.05) is 53.4 Å². The summed E-state index contributed by atoms with van der Waals surface area (Å²) in [6.45, 7) is 1.76. The third-order valence-electron chi connectivity index (χ3n) is 6.01. The van der Waals surface area contributed by atoms with E-state index in [2.05, 4.69) is 10.2 Å². The van der Waals surface area contributed by atoms with Crippen LogP contribution in [0.4, 0.5) is 0 Å². The van der Waals surface area contributed by atoms with Gasteiger partial charge in [-0.05, 0) is 48.2 Å². The van der Waals surface area contributed by atoms with Gasteiger partial charge in [-0.1, -0.05) is 24.3 Å². The van der Waals surface area contributed by atoms with E-state index in [9.17, 15) is 9.59 Å². The van der Waals surface area contributed by atoms with Crippen molar-refractivity contribution < 1.29 is 14.3 Å². The molecule has 8 nitrogen and oxygen atoms in total. The number of aromatic nitrogens is 3. The number of amides is 1. The van der Waals surface area contributed by atoms with Gasteiger partial charge in [0, 0.05) is 19.0 Å². The zero-order valence-corrected chi connectivity index (χ0v) is 18.4. The van der Waals surface area contributed by atoms with Crippen molar-refractivity contribution in [3.8, 4) is 11.5 Å². The maximum Gasteiger partial charge on any atom is 0.343 e. The summed E-state index contributed by atoms with van der Waals surface area (Å²) < 4.78 is 12.1. The molecule has 2 heterocycles. The van der Waals surface area contributed by atoms with Gasteiger partial charge < -0.3 is 14.4 Å². The van der Waals surface area contributed by atoms with Crippen molar-refractivity contribution in [1.82, 2.24) is 19.7 Å². The monoisotopic (exact) mass is 436 g/mol. The van der Waals surface area contributed by atoms with E-state index in [4.69, 9.17) is 9.47 Å². The highest BCUT2D eigenvalue weighted by atomic mass is 16.5. The van der Waals surface area contributed by atoms with Crippen LogP contribution in [0.1, 0.15) is 35.7 Å². The number of ether oxygens (including phenoxy) is 2. The number of benzene rings is 2. The zero-order valence-electron chi connectivity index (χ0n) is 18.4. The Labute approximate surface area is 186 Å². The Balaban J connectivity index is 1.37. The Bertz CT molecular complexity index is 1090. The van der Waals surface area contributed by atoms with Crippen molar-refractivity contribution >= 4 is 5.91 Å². The van der Waals surface area contributed by atoms with Gasteiger partial charge in [-0.3, -0.25) is 9.36 Å². The van der Waals surface area contributed by atoms with Gasteiger partial charge in [-0.25, -0.2) is 9.89 Å². The van der Waals surface area contributed by atoms with Crippen LogP contribution in [0.5, 0.6) is 11.5 Å². The van der Waals surface area contributed by atoms with Crippen LogP contribution in [-0.4, -0.2) is 52.9 Å². The maximum absolute atomic E-state index is 12.7. The van der Waals surface area contributed by atoms with E-state index in [0.29, 0.717) is 26.1 Å². The summed E-state index contributed by atoms with van der Waals surface area (Å²) in [5.74, 6) is 2.57. The molecule has 8 heteroatoms. The molecule has 2 aromatic carbocycles. The highest BCUT2D eigenvalue weighted by molar-refractivity contribution is 5.78. The number of nitrogens with one attached hydrogen (secondary N) is 1. The molecular formula is C24H28N4O4. The third-order valence-corrected chi connectivity index (χ3v) is 6.01. The molecule has 0 spiro atoms. The first-order valence-electron chi connectivity index (χ1n) is 10.8. The lowest BCUT2D eigenvalue weighted by Gasteiger charge is -2.31. The molecule has 1 saturated heterocycles. The van der Waals surface area contributed by atoms with Crippen molar-refractivity contribution in [2.45, 2.75) is 31.7 Å². The Hall–Kier alpha value is -3.55. The molecule has 0 atom stereocenters. The first-order chi connectivity index (χ1) is 15.6. The van der Waals surface area contributed by atoms with Crippen LogP contribution in [0, 0.1) is 0 Å². The molecule has 32 heavy (non-hydrogen) atoms. The number of nitrogens with zero attached hydrogens (tertiary/aromatic N) is 3. The van der Waals surface area contributed by atoms with Crippen LogP contribution < -0.4 is 15.2 Å². The minimum atomic E-state index is -0.214. The summed E-state index contributed by atoms with van der Waals surface area (Å²) in [7, 11) is 3.25. The number of methoxy groups -OCH3 is 2. The lowest BCUT2D eigenvalue weighted by molar-refractivity contribution is -0.131. The van der Waals surface area contributed by atoms with Crippen LogP contribution in [0.25, 0.3) is 0 Å². The number of hydrogen-bond acceptors (Lipinski definition) is 5. The molecule has 1 aliphatic heterocycles. The Morgan fingerprint density at radius 2 is 1.53 bits per heavy atom. The number of likely N-dealkylation sites (tertiary alicyclic amines) is 1. The molecule has 3 aromatic rings. The molecule has 0 bridgehead atoms. The summed E-state index contributed by atoms with van der Waals surface area (Å²) in [4.78, 5) is 27.0. The molecule has 0 unspecified atom stereocenters. The van der Waals surface area contributed by atoms with Crippen LogP contribution >= 0.6 is 0 Å². The van der Waals surface area contributed by atoms with Gasteiger partial charge in [0.05, 0.1) is 27.2 Å². The van der Waals surface area contributed by atoms with Crippen LogP contribution in [0.15, 0.2) is 53.3 Å². The number of rotatable bonds is 7. The second-order valence-corrected chi connectivity index (χ2v) is 8.00. The van der Waals surface area contributed by atoms with Crippen molar-refractivity contribution in [2.75, 3.05) is 27.3 Å². The number of aromatic amines is 1. The molecule has 1 aromatic heterocycles. The first kappa shape index (κ1) is 21.7. The predicted molar refractivity (Wildman–Crippen MR) is 120 cm³/mol. The summed E-state index contributed by atoms with van der Waals surface area (Å²) in [5, 5.41) is 6.90. The van der Waals surface area contributed by atoms with Crippen molar-refractivity contribution in [2.24, 2.45) is 0 Å². The van der Waals surface area contributed by atoms with E-state index >= 15 is 0 Å². The number of piperidine rings is 1. The van der Waals surface area contributed by atoms with Gasteiger partial charge in [0.1, 0.15) is 17.3 Å². The summed E-state index contributed by atoms with van der Waals surface area (Å²) in [6.07, 6.45) is 1.93. The second-order valence-electron chi connectivity index (χ2n) is 8.00. The van der Waals surface area contributed by atoms with Gasteiger partial charge in [0.15, 0.2) is 0 Å². The highest BCUT2D eigenvalue weighted by Gasteiger charge is 2.27. The maximum atomic E-state index is 12.7. The highest BCUT2D eigenvalue weighted by Crippen LogP contribution is 2.27. The lowest BCUT2D eigenvalue weighted by atomic mass is 9.95. The topological polar surface area (TPSA) is 89.5 Å². The molecule has 1 fully saturated rings. The first-order valence-corrected chi connectivity index (χ1v) is 10.8. The molecule has 0 radical (unpaired) electrons. The number of H-pyrrole nitrogens is 1. The normalized spacial score (nSPS) is 14.4. The predicted octanol–water partition coefficient (Wildman–Crippen LogP) is 2.59. The number of carbonyl (C=O) groups excluding carboxylic acids is 1. The molecular weight excluding hydrogens is 408 g/mol. The van der Waals surface area contributed by atoms with Gasteiger partial charge in [0.25, 0.3) is 0 Å². The second kappa shape index (κ2) is 9.72. The molecule has 1 N–H and O–H groups in total. The van der Waals surface area contributed by atoms with Crippen molar-refractivity contribution in [3.63, 3.8) is 0 Å². The van der Waals surface area contributed by atoms with Crippen LogP contribution in [0.2, 0.25) is 0 Å². The average molecular weight is 437 g/mol. The van der Waals surface area contributed by atoms with Gasteiger partial charge in [-0.15, -0.1) is 0 Å². The fourth-order valence-corrected chi connectivity index (χ4v) is 4.12. The quantitative estimate of drug-likeness (QED) is 0.615. The van der Waals surface area contributed by atoms with E-state index < -0.39 is 0 Å². The Morgan fingerprint density at radius 1 is 0.969 bits per heavy atom. The van der Waals surface area contributed by atoms with E-state index in [0.717, 1.165) is 41.3 Å². The molecule has 1 amide bonds. The van der Waals surface area contributed by atoms with Crippen LogP contribution in [-0.2, 0) is 17.8 Å². The van der Waals surface area contributed by atoms with Crippen molar-refractivity contribution in [1.29, 1.82) is 0 Å². The number of carbonyl (C=O) groups is 1. The van der Waals surface area contributed by atoms with E-state index in [1.54, 1.807) is 18.8 Å². The fraction of sp³-hybridized carbons (Fsp3) is 0.375. The zero-order chi connectivity index (χ0) is 22.5. The lowest BCUT2D eigenvalue weighted by Crippen LogP contribution is -2.39. The van der Waals surface area contributed by atoms with E-state index in [1.165, 1.54) is 0 Å². The van der Waals surface area contributed by atoms with E-state index in [-0.39, 0.29) is 17.5 Å². The van der Waals surface area contributed by atoms with Crippen molar-refractivity contribution in [3.05, 3.63) is 76.0 Å². The van der Waals surface area contributed by atoms with Crippen LogP contribution in [0.3, 0.4) is 0 Å². The summed E-state index contributed by atoms with van der Waals surface area (Å²) in [5.41, 5.74) is 1.76. The summed E-state index contributed by atoms with van der Waals surface area (Å²) in [6, 6.07) is 15.2. The van der Waals surface area contributed by atoms with Gasteiger partial charge in [-0.2, -0.15) is 5.10 Å². The fourth-order valence-electron chi connectivity index (χ4n) is 4.12. The molecule has 1 aliphatic rings.